The quantitative estimate of drug-likeness (QED) is 0.745. The van der Waals surface area contributed by atoms with Gasteiger partial charge in [-0.3, -0.25) is 4.98 Å². The van der Waals surface area contributed by atoms with E-state index in [9.17, 15) is 8.42 Å². The van der Waals surface area contributed by atoms with Crippen molar-refractivity contribution >= 4 is 10.0 Å². The van der Waals surface area contributed by atoms with E-state index in [4.69, 9.17) is 0 Å². The minimum absolute atomic E-state index is 0.245. The molecule has 7 nitrogen and oxygen atoms in total. The standard InChI is InChI=1S/C19H19N5O2S/c1-14-16-13-24(23-27(25,26)15-7-3-2-4-8-15)12-10-17(16)22-19(21-14)18-9-5-6-11-20-18/h2-9,11,23H,10,12-13H2,1H3. The van der Waals surface area contributed by atoms with Crippen molar-refractivity contribution in [1.29, 1.82) is 0 Å². The van der Waals surface area contributed by atoms with Crippen LogP contribution in [0.5, 0.6) is 0 Å². The Morgan fingerprint density at radius 2 is 1.81 bits per heavy atom. The lowest BCUT2D eigenvalue weighted by molar-refractivity contribution is 0.218. The third kappa shape index (κ3) is 3.73. The average Bonchev–Trinajstić information content (AvgIpc) is 2.69. The van der Waals surface area contributed by atoms with Crippen molar-refractivity contribution in [2.75, 3.05) is 6.54 Å². The van der Waals surface area contributed by atoms with E-state index in [-0.39, 0.29) is 4.90 Å². The largest absolute Gasteiger partial charge is 0.253 e. The van der Waals surface area contributed by atoms with E-state index in [0.29, 0.717) is 25.3 Å². The highest BCUT2D eigenvalue weighted by atomic mass is 32.2. The van der Waals surface area contributed by atoms with Crippen molar-refractivity contribution in [3.05, 3.63) is 71.7 Å². The van der Waals surface area contributed by atoms with E-state index in [1.807, 2.05) is 25.1 Å². The molecular formula is C19H19N5O2S. The number of aryl methyl sites for hydroxylation is 1. The molecule has 0 atom stereocenters. The third-order valence-electron chi connectivity index (χ3n) is 4.46. The molecule has 1 N–H and O–H groups in total. The van der Waals surface area contributed by atoms with Crippen LogP contribution >= 0.6 is 0 Å². The molecule has 2 aromatic heterocycles. The van der Waals surface area contributed by atoms with Gasteiger partial charge in [-0.05, 0) is 31.2 Å². The van der Waals surface area contributed by atoms with Crippen molar-refractivity contribution in [3.8, 4) is 11.5 Å². The van der Waals surface area contributed by atoms with Gasteiger partial charge in [-0.2, -0.15) is 0 Å². The van der Waals surface area contributed by atoms with Crippen LogP contribution in [0.1, 0.15) is 17.0 Å². The maximum Gasteiger partial charge on any atom is 0.253 e. The number of pyridine rings is 1. The van der Waals surface area contributed by atoms with Gasteiger partial charge in [0.2, 0.25) is 0 Å². The monoisotopic (exact) mass is 381 g/mol. The summed E-state index contributed by atoms with van der Waals surface area (Å²) in [5, 5.41) is 1.70. The highest BCUT2D eigenvalue weighted by molar-refractivity contribution is 7.89. The summed E-state index contributed by atoms with van der Waals surface area (Å²) in [6.07, 6.45) is 2.35. The van der Waals surface area contributed by atoms with Crippen LogP contribution in [0.15, 0.2) is 59.6 Å². The lowest BCUT2D eigenvalue weighted by Gasteiger charge is -2.29. The molecule has 1 aliphatic rings. The van der Waals surface area contributed by atoms with Gasteiger partial charge in [-0.25, -0.2) is 23.4 Å². The number of nitrogens with zero attached hydrogens (tertiary/aromatic N) is 4. The molecule has 0 unspecified atom stereocenters. The molecule has 0 saturated heterocycles. The van der Waals surface area contributed by atoms with Gasteiger partial charge in [0.25, 0.3) is 10.0 Å². The molecule has 0 radical (unpaired) electrons. The second kappa shape index (κ2) is 7.15. The third-order valence-corrected chi connectivity index (χ3v) is 5.86. The molecule has 0 spiro atoms. The smallest absolute Gasteiger partial charge is 0.253 e. The minimum atomic E-state index is -3.60. The summed E-state index contributed by atoms with van der Waals surface area (Å²) in [4.78, 5) is 16.4. The number of fused-ring (bicyclic) bond motifs is 1. The van der Waals surface area contributed by atoms with Crippen molar-refractivity contribution in [1.82, 2.24) is 24.8 Å². The molecule has 4 rings (SSSR count). The van der Waals surface area contributed by atoms with Crippen molar-refractivity contribution < 1.29 is 8.42 Å². The van der Waals surface area contributed by atoms with Crippen molar-refractivity contribution in [2.45, 2.75) is 24.8 Å². The maximum atomic E-state index is 12.5. The maximum absolute atomic E-state index is 12.5. The van der Waals surface area contributed by atoms with Gasteiger partial charge in [-0.1, -0.05) is 24.3 Å². The summed E-state index contributed by atoms with van der Waals surface area (Å²) in [5.74, 6) is 0.602. The topological polar surface area (TPSA) is 88.1 Å². The zero-order chi connectivity index (χ0) is 18.9. The summed E-state index contributed by atoms with van der Waals surface area (Å²) in [5.41, 5.74) is 3.47. The molecule has 3 aromatic rings. The lowest BCUT2D eigenvalue weighted by Crippen LogP contribution is -2.45. The summed E-state index contributed by atoms with van der Waals surface area (Å²) >= 11 is 0. The first kappa shape index (κ1) is 17.7. The van der Waals surface area contributed by atoms with Gasteiger partial charge in [0.15, 0.2) is 5.82 Å². The molecule has 27 heavy (non-hydrogen) atoms. The number of nitrogens with one attached hydrogen (secondary N) is 1. The van der Waals surface area contributed by atoms with Crippen LogP contribution in [0.3, 0.4) is 0 Å². The van der Waals surface area contributed by atoms with Gasteiger partial charge in [0.05, 0.1) is 10.6 Å². The van der Waals surface area contributed by atoms with E-state index in [2.05, 4.69) is 19.8 Å². The fraction of sp³-hybridized carbons (Fsp3) is 0.211. The predicted molar refractivity (Wildman–Crippen MR) is 101 cm³/mol. The number of sulfonamides is 1. The van der Waals surface area contributed by atoms with Crippen LogP contribution in [0.25, 0.3) is 11.5 Å². The molecule has 8 heteroatoms. The first-order chi connectivity index (χ1) is 13.0. The number of hydrogen-bond acceptors (Lipinski definition) is 6. The van der Waals surface area contributed by atoms with E-state index in [1.165, 1.54) is 0 Å². The Kier molecular flexibility index (Phi) is 4.69. The molecule has 1 aliphatic heterocycles. The zero-order valence-electron chi connectivity index (χ0n) is 14.8. The number of hydrogen-bond donors (Lipinski definition) is 1. The van der Waals surface area contributed by atoms with E-state index < -0.39 is 10.0 Å². The van der Waals surface area contributed by atoms with Crippen molar-refractivity contribution in [2.24, 2.45) is 0 Å². The van der Waals surface area contributed by atoms with Gasteiger partial charge in [-0.15, -0.1) is 4.83 Å². The van der Waals surface area contributed by atoms with Crippen LogP contribution in [-0.2, 0) is 23.0 Å². The number of rotatable bonds is 4. The van der Waals surface area contributed by atoms with E-state index in [0.717, 1.165) is 22.6 Å². The fourth-order valence-corrected chi connectivity index (χ4v) is 4.21. The molecule has 3 heterocycles. The second-order valence-corrected chi connectivity index (χ2v) is 8.01. The summed E-state index contributed by atoms with van der Waals surface area (Å²) < 4.78 is 25.1. The normalized spacial score (nSPS) is 14.7. The van der Waals surface area contributed by atoms with Gasteiger partial charge in [0, 0.05) is 37.0 Å². The molecule has 0 aliphatic carbocycles. The number of benzene rings is 1. The van der Waals surface area contributed by atoms with Gasteiger partial charge < -0.3 is 0 Å². The highest BCUT2D eigenvalue weighted by Gasteiger charge is 2.25. The van der Waals surface area contributed by atoms with E-state index in [1.54, 1.807) is 41.5 Å². The SMILES string of the molecule is Cc1nc(-c2ccccn2)nc2c1CN(NS(=O)(=O)c1ccccc1)CC2. The Bertz CT molecular complexity index is 1060. The Balaban J connectivity index is 1.57. The fourth-order valence-electron chi connectivity index (χ4n) is 3.09. The summed E-state index contributed by atoms with van der Waals surface area (Å²) in [6.45, 7) is 2.88. The Morgan fingerprint density at radius 3 is 2.56 bits per heavy atom. The zero-order valence-corrected chi connectivity index (χ0v) is 15.6. The molecule has 1 aromatic carbocycles. The van der Waals surface area contributed by atoms with Crippen LogP contribution in [-0.4, -0.2) is 34.9 Å². The Labute approximate surface area is 158 Å². The highest BCUT2D eigenvalue weighted by Crippen LogP contribution is 2.23. The second-order valence-electron chi connectivity index (χ2n) is 6.35. The molecule has 0 fully saturated rings. The molecule has 0 saturated carbocycles. The van der Waals surface area contributed by atoms with Crippen molar-refractivity contribution in [3.63, 3.8) is 0 Å². The average molecular weight is 381 g/mol. The predicted octanol–water partition coefficient (Wildman–Crippen LogP) is 2.10. The number of hydrazine groups is 1. The van der Waals surface area contributed by atoms with Crippen LogP contribution in [0, 0.1) is 6.92 Å². The number of aromatic nitrogens is 3. The summed E-state index contributed by atoms with van der Waals surface area (Å²) in [7, 11) is -3.60. The Hall–Kier alpha value is -2.68. The minimum Gasteiger partial charge on any atom is -0.253 e. The first-order valence-corrected chi connectivity index (χ1v) is 10.1. The molecule has 0 amide bonds. The molecule has 0 bridgehead atoms. The summed E-state index contributed by atoms with van der Waals surface area (Å²) in [6, 6.07) is 14.0. The first-order valence-electron chi connectivity index (χ1n) is 8.63. The van der Waals surface area contributed by atoms with E-state index >= 15 is 0 Å². The molecular weight excluding hydrogens is 362 g/mol. The van der Waals surface area contributed by atoms with Crippen LogP contribution in [0.4, 0.5) is 0 Å². The molecule has 138 valence electrons. The Morgan fingerprint density at radius 1 is 1.04 bits per heavy atom. The van der Waals surface area contributed by atoms with Gasteiger partial charge in [0.1, 0.15) is 5.69 Å². The lowest BCUT2D eigenvalue weighted by atomic mass is 10.1. The van der Waals surface area contributed by atoms with Crippen LogP contribution in [0.2, 0.25) is 0 Å². The van der Waals surface area contributed by atoms with Gasteiger partial charge >= 0.3 is 0 Å². The van der Waals surface area contributed by atoms with Crippen LogP contribution < -0.4 is 4.83 Å².